The molecule has 0 aromatic heterocycles. The Hall–Kier alpha value is -3.97. The lowest BCUT2D eigenvalue weighted by atomic mass is 9.93. The van der Waals surface area contributed by atoms with Crippen molar-refractivity contribution in [3.8, 4) is 5.75 Å². The first-order valence-electron chi connectivity index (χ1n) is 14.0. The molecular formula is C37H29Br2NO3. The van der Waals surface area contributed by atoms with Crippen LogP contribution >= 0.6 is 31.9 Å². The standard InChI is InChI=1S/C37H29Br2NO3/c1-42-29-20-18-28(19-21-29)40-35(24-14-16-27(38)17-15-24)37(36(41)32-12-6-7-13-34(32)39)43-23-33-30-10-4-2-8-25(30)22-26-9-3-5-11-31(26)33/h2-22,35,37,40H,23H2,1H3/t35-,37+/m1/s1. The van der Waals surface area contributed by atoms with Gasteiger partial charge in [-0.3, -0.25) is 4.79 Å². The summed E-state index contributed by atoms with van der Waals surface area (Å²) in [7, 11) is 1.64. The zero-order valence-corrected chi connectivity index (χ0v) is 26.6. The fraction of sp³-hybridized carbons (Fsp3) is 0.108. The third kappa shape index (κ3) is 6.37. The van der Waals surface area contributed by atoms with Crippen LogP contribution in [0.1, 0.15) is 27.5 Å². The van der Waals surface area contributed by atoms with Crippen LogP contribution in [0.3, 0.4) is 0 Å². The highest BCUT2D eigenvalue weighted by atomic mass is 79.9. The largest absolute Gasteiger partial charge is 0.497 e. The van der Waals surface area contributed by atoms with E-state index in [0.717, 1.165) is 53.1 Å². The number of rotatable bonds is 10. The normalized spacial score (nSPS) is 12.6. The molecule has 0 bridgehead atoms. The predicted molar refractivity (Wildman–Crippen MR) is 182 cm³/mol. The summed E-state index contributed by atoms with van der Waals surface area (Å²) < 4.78 is 13.9. The van der Waals surface area contributed by atoms with E-state index >= 15 is 0 Å². The molecule has 6 heteroatoms. The summed E-state index contributed by atoms with van der Waals surface area (Å²) in [5, 5.41) is 8.10. The molecule has 214 valence electrons. The molecule has 0 unspecified atom stereocenters. The number of hydrogen-bond donors (Lipinski definition) is 1. The Morgan fingerprint density at radius 2 is 1.35 bits per heavy atom. The minimum Gasteiger partial charge on any atom is -0.497 e. The number of anilines is 1. The fourth-order valence-electron chi connectivity index (χ4n) is 5.44. The number of benzene rings is 6. The molecule has 0 heterocycles. The van der Waals surface area contributed by atoms with E-state index in [1.54, 1.807) is 7.11 Å². The molecule has 0 aliphatic rings. The van der Waals surface area contributed by atoms with Crippen LogP contribution in [0.5, 0.6) is 5.75 Å². The molecule has 4 nitrogen and oxygen atoms in total. The number of fused-ring (bicyclic) bond motifs is 2. The van der Waals surface area contributed by atoms with Gasteiger partial charge < -0.3 is 14.8 Å². The van der Waals surface area contributed by atoms with E-state index in [0.29, 0.717) is 5.56 Å². The van der Waals surface area contributed by atoms with Crippen LogP contribution in [0, 0.1) is 0 Å². The quantitative estimate of drug-likeness (QED) is 0.115. The average molecular weight is 695 g/mol. The van der Waals surface area contributed by atoms with Gasteiger partial charge in [-0.1, -0.05) is 111 Å². The summed E-state index contributed by atoms with van der Waals surface area (Å²) in [5.41, 5.74) is 3.39. The molecule has 0 aliphatic heterocycles. The van der Waals surface area contributed by atoms with Crippen LogP contribution in [-0.4, -0.2) is 19.0 Å². The van der Waals surface area contributed by atoms with Crippen LogP contribution in [0.15, 0.2) is 136 Å². The second-order valence-corrected chi connectivity index (χ2v) is 12.0. The molecule has 2 atom stereocenters. The number of hydrogen-bond acceptors (Lipinski definition) is 4. The number of Topliss-reactive ketones (excluding diaryl/α,β-unsaturated/α-hetero) is 1. The van der Waals surface area contributed by atoms with Gasteiger partial charge in [0, 0.05) is 20.2 Å². The van der Waals surface area contributed by atoms with Gasteiger partial charge in [0.05, 0.1) is 19.8 Å². The van der Waals surface area contributed by atoms with Crippen molar-refractivity contribution in [1.29, 1.82) is 0 Å². The van der Waals surface area contributed by atoms with Gasteiger partial charge >= 0.3 is 0 Å². The zero-order chi connectivity index (χ0) is 29.8. The van der Waals surface area contributed by atoms with Crippen LogP contribution in [0.2, 0.25) is 0 Å². The van der Waals surface area contributed by atoms with Crippen molar-refractivity contribution >= 4 is 64.9 Å². The summed E-state index contributed by atoms with van der Waals surface area (Å²) >= 11 is 7.17. The summed E-state index contributed by atoms with van der Waals surface area (Å²) in [6.07, 6.45) is -0.861. The van der Waals surface area contributed by atoms with Crippen molar-refractivity contribution < 1.29 is 14.3 Å². The van der Waals surface area contributed by atoms with E-state index in [-0.39, 0.29) is 12.4 Å². The van der Waals surface area contributed by atoms with Gasteiger partial charge in [-0.05, 0) is 81.2 Å². The Morgan fingerprint density at radius 3 is 1.98 bits per heavy atom. The fourth-order valence-corrected chi connectivity index (χ4v) is 6.19. The maximum atomic E-state index is 14.5. The van der Waals surface area contributed by atoms with Gasteiger partial charge in [0.2, 0.25) is 0 Å². The molecule has 0 aliphatic carbocycles. The highest BCUT2D eigenvalue weighted by Gasteiger charge is 2.33. The monoisotopic (exact) mass is 693 g/mol. The molecule has 0 amide bonds. The highest BCUT2D eigenvalue weighted by Crippen LogP contribution is 2.34. The average Bonchev–Trinajstić information content (AvgIpc) is 3.04. The van der Waals surface area contributed by atoms with Gasteiger partial charge in [-0.2, -0.15) is 0 Å². The molecule has 0 radical (unpaired) electrons. The number of nitrogens with one attached hydrogen (secondary N) is 1. The van der Waals surface area contributed by atoms with Gasteiger partial charge in [0.15, 0.2) is 5.78 Å². The van der Waals surface area contributed by atoms with Crippen molar-refractivity contribution in [2.24, 2.45) is 0 Å². The summed E-state index contributed by atoms with van der Waals surface area (Å²) in [6, 6.07) is 41.5. The third-order valence-electron chi connectivity index (χ3n) is 7.63. The summed E-state index contributed by atoms with van der Waals surface area (Å²) in [4.78, 5) is 14.5. The Kier molecular flexibility index (Phi) is 8.89. The van der Waals surface area contributed by atoms with E-state index in [1.807, 2.05) is 97.1 Å². The summed E-state index contributed by atoms with van der Waals surface area (Å²) in [5.74, 6) is 0.636. The number of halogens is 2. The van der Waals surface area contributed by atoms with Gasteiger partial charge in [0.1, 0.15) is 11.9 Å². The predicted octanol–water partition coefficient (Wildman–Crippen LogP) is 10.1. The smallest absolute Gasteiger partial charge is 0.195 e. The van der Waals surface area contributed by atoms with Crippen LogP contribution in [-0.2, 0) is 11.3 Å². The number of ether oxygens (including phenoxy) is 2. The van der Waals surface area contributed by atoms with E-state index in [2.05, 4.69) is 67.5 Å². The maximum absolute atomic E-state index is 14.5. The van der Waals surface area contributed by atoms with Crippen molar-refractivity contribution in [3.63, 3.8) is 0 Å². The topological polar surface area (TPSA) is 47.6 Å². The van der Waals surface area contributed by atoms with Gasteiger partial charge in [0.25, 0.3) is 0 Å². The van der Waals surface area contributed by atoms with E-state index in [1.165, 1.54) is 0 Å². The van der Waals surface area contributed by atoms with Crippen LogP contribution in [0.25, 0.3) is 21.5 Å². The van der Waals surface area contributed by atoms with E-state index < -0.39 is 12.1 Å². The molecule has 6 aromatic rings. The van der Waals surface area contributed by atoms with E-state index in [4.69, 9.17) is 9.47 Å². The molecule has 6 rings (SSSR count). The first-order valence-corrected chi connectivity index (χ1v) is 15.6. The highest BCUT2D eigenvalue weighted by molar-refractivity contribution is 9.10. The van der Waals surface area contributed by atoms with Crippen LogP contribution in [0.4, 0.5) is 5.69 Å². The molecule has 0 fully saturated rings. The lowest BCUT2D eigenvalue weighted by Crippen LogP contribution is -2.36. The Balaban J connectivity index is 1.46. The van der Waals surface area contributed by atoms with E-state index in [9.17, 15) is 4.79 Å². The molecule has 0 saturated heterocycles. The number of carbonyl (C=O) groups is 1. The third-order valence-corrected chi connectivity index (χ3v) is 8.85. The molecule has 43 heavy (non-hydrogen) atoms. The SMILES string of the molecule is COc1ccc(N[C@H](c2ccc(Br)cc2)[C@H](OCc2c3ccccc3cc3ccccc23)C(=O)c2ccccc2Br)cc1. The number of methoxy groups -OCH3 is 1. The lowest BCUT2D eigenvalue weighted by Gasteiger charge is -2.29. The zero-order valence-electron chi connectivity index (χ0n) is 23.5. The minimum atomic E-state index is -0.861. The summed E-state index contributed by atoms with van der Waals surface area (Å²) in [6.45, 7) is 0.250. The van der Waals surface area contributed by atoms with Gasteiger partial charge in [-0.25, -0.2) is 0 Å². The molecule has 0 spiro atoms. The Bertz CT molecular complexity index is 1830. The second-order valence-electron chi connectivity index (χ2n) is 10.3. The molecule has 0 saturated carbocycles. The molecular weight excluding hydrogens is 666 g/mol. The number of carbonyl (C=O) groups excluding carboxylic acids is 1. The first kappa shape index (κ1) is 29.1. The molecule has 1 N–H and O–H groups in total. The van der Waals surface area contributed by atoms with Crippen molar-refractivity contribution in [2.45, 2.75) is 18.8 Å². The van der Waals surface area contributed by atoms with Crippen molar-refractivity contribution in [2.75, 3.05) is 12.4 Å². The molecule has 6 aromatic carbocycles. The second kappa shape index (κ2) is 13.1. The lowest BCUT2D eigenvalue weighted by molar-refractivity contribution is 0.0266. The van der Waals surface area contributed by atoms with Crippen LogP contribution < -0.4 is 10.1 Å². The van der Waals surface area contributed by atoms with Crippen molar-refractivity contribution in [1.82, 2.24) is 0 Å². The number of ketones is 1. The maximum Gasteiger partial charge on any atom is 0.195 e. The van der Waals surface area contributed by atoms with Gasteiger partial charge in [-0.15, -0.1) is 0 Å². The minimum absolute atomic E-state index is 0.119. The first-order chi connectivity index (χ1) is 21.0. The van der Waals surface area contributed by atoms with Crippen molar-refractivity contribution in [3.05, 3.63) is 153 Å². The Morgan fingerprint density at radius 1 is 0.744 bits per heavy atom. The Labute approximate surface area is 267 Å².